The molecule has 1 aliphatic heterocycles. The van der Waals surface area contributed by atoms with Crippen LogP contribution in [0.2, 0.25) is 0 Å². The van der Waals surface area contributed by atoms with Crippen molar-refractivity contribution >= 4 is 12.4 Å². The number of nitrogens with zero attached hydrogens (tertiary/aromatic N) is 2. The van der Waals surface area contributed by atoms with E-state index in [0.29, 0.717) is 11.8 Å². The van der Waals surface area contributed by atoms with Gasteiger partial charge in [-0.05, 0) is 32.2 Å². The molecule has 1 aromatic heterocycles. The molecule has 5 heteroatoms. The Bertz CT molecular complexity index is 315. The van der Waals surface area contributed by atoms with Crippen molar-refractivity contribution in [1.82, 2.24) is 20.5 Å². The van der Waals surface area contributed by atoms with Crippen molar-refractivity contribution in [3.8, 4) is 0 Å². The molecule has 1 aromatic rings. The molecule has 1 unspecified atom stereocenters. The molecule has 1 saturated heterocycles. The van der Waals surface area contributed by atoms with Gasteiger partial charge in [-0.15, -0.1) is 12.4 Å². The van der Waals surface area contributed by atoms with Gasteiger partial charge in [0.05, 0.1) is 0 Å². The molecule has 0 spiro atoms. The molecule has 0 radical (unpaired) electrons. The van der Waals surface area contributed by atoms with Crippen LogP contribution in [0.15, 0.2) is 0 Å². The third-order valence-electron chi connectivity index (χ3n) is 3.15. The van der Waals surface area contributed by atoms with Gasteiger partial charge in [0.15, 0.2) is 5.82 Å². The summed E-state index contributed by atoms with van der Waals surface area (Å²) >= 11 is 0. The molecule has 84 valence electrons. The van der Waals surface area contributed by atoms with Crippen molar-refractivity contribution in [2.75, 3.05) is 13.1 Å². The van der Waals surface area contributed by atoms with Crippen LogP contribution in [0.1, 0.15) is 49.2 Å². The quantitative estimate of drug-likeness (QED) is 0.808. The summed E-state index contributed by atoms with van der Waals surface area (Å²) in [7, 11) is 0. The third-order valence-corrected chi connectivity index (χ3v) is 3.15. The number of rotatable bonds is 2. The molecule has 2 heterocycles. The van der Waals surface area contributed by atoms with E-state index in [1.54, 1.807) is 0 Å². The molecule has 2 N–H and O–H groups in total. The van der Waals surface area contributed by atoms with E-state index in [4.69, 9.17) is 0 Å². The van der Waals surface area contributed by atoms with Crippen molar-refractivity contribution in [2.45, 2.75) is 37.5 Å². The number of halogens is 1. The number of aromatic nitrogens is 3. The lowest BCUT2D eigenvalue weighted by molar-refractivity contribution is 0.447. The van der Waals surface area contributed by atoms with Gasteiger partial charge in [0.1, 0.15) is 5.82 Å². The summed E-state index contributed by atoms with van der Waals surface area (Å²) in [5.74, 6) is 3.37. The van der Waals surface area contributed by atoms with Crippen molar-refractivity contribution in [3.63, 3.8) is 0 Å². The van der Waals surface area contributed by atoms with E-state index in [1.807, 2.05) is 0 Å². The van der Waals surface area contributed by atoms with Crippen LogP contribution in [-0.2, 0) is 0 Å². The van der Waals surface area contributed by atoms with Crippen molar-refractivity contribution < 1.29 is 0 Å². The smallest absolute Gasteiger partial charge is 0.155 e. The molecule has 15 heavy (non-hydrogen) atoms. The average Bonchev–Trinajstić information content (AvgIpc) is 2.98. The first-order valence-electron chi connectivity index (χ1n) is 5.56. The summed E-state index contributed by atoms with van der Waals surface area (Å²) in [4.78, 5) is 4.59. The monoisotopic (exact) mass is 228 g/mol. The molecule has 1 saturated carbocycles. The maximum atomic E-state index is 4.59. The molecule has 1 aliphatic carbocycles. The molecule has 0 bridgehead atoms. The number of nitrogens with one attached hydrogen (secondary N) is 2. The van der Waals surface area contributed by atoms with Crippen LogP contribution in [0, 0.1) is 0 Å². The third kappa shape index (κ3) is 2.32. The number of piperidine rings is 1. The van der Waals surface area contributed by atoms with E-state index < -0.39 is 0 Å². The van der Waals surface area contributed by atoms with Crippen LogP contribution < -0.4 is 5.32 Å². The summed E-state index contributed by atoms with van der Waals surface area (Å²) in [5, 5.41) is 10.8. The zero-order valence-electron chi connectivity index (χ0n) is 8.70. The minimum atomic E-state index is 0. The lowest BCUT2D eigenvalue weighted by Crippen LogP contribution is -2.28. The first-order chi connectivity index (χ1) is 6.93. The van der Waals surface area contributed by atoms with E-state index in [2.05, 4.69) is 20.5 Å². The Labute approximate surface area is 95.7 Å². The van der Waals surface area contributed by atoms with Gasteiger partial charge in [0.2, 0.25) is 0 Å². The van der Waals surface area contributed by atoms with Gasteiger partial charge in [-0.3, -0.25) is 5.10 Å². The number of aromatic amines is 1. The Morgan fingerprint density at radius 3 is 2.67 bits per heavy atom. The Morgan fingerprint density at radius 1 is 1.13 bits per heavy atom. The highest BCUT2D eigenvalue weighted by Gasteiger charge is 2.28. The van der Waals surface area contributed by atoms with Gasteiger partial charge in [-0.25, -0.2) is 4.98 Å². The van der Waals surface area contributed by atoms with Crippen LogP contribution in [-0.4, -0.2) is 28.3 Å². The SMILES string of the molecule is C1CNCC(c2n[nH]c(C3CC3)n2)C1.Cl. The van der Waals surface area contributed by atoms with Crippen molar-refractivity contribution in [1.29, 1.82) is 0 Å². The molecular weight excluding hydrogens is 212 g/mol. The Kier molecular flexibility index (Phi) is 3.26. The van der Waals surface area contributed by atoms with E-state index >= 15 is 0 Å². The Hall–Kier alpha value is -0.610. The van der Waals surface area contributed by atoms with Crippen LogP contribution in [0.4, 0.5) is 0 Å². The summed E-state index contributed by atoms with van der Waals surface area (Å²) in [6.07, 6.45) is 5.06. The number of hydrogen-bond acceptors (Lipinski definition) is 3. The van der Waals surface area contributed by atoms with Crippen LogP contribution in [0.3, 0.4) is 0 Å². The summed E-state index contributed by atoms with van der Waals surface area (Å²) in [6.45, 7) is 2.19. The molecule has 4 nitrogen and oxygen atoms in total. The average molecular weight is 229 g/mol. The fourth-order valence-corrected chi connectivity index (χ4v) is 2.08. The van der Waals surface area contributed by atoms with Crippen LogP contribution >= 0.6 is 12.4 Å². The zero-order valence-corrected chi connectivity index (χ0v) is 9.52. The number of hydrogen-bond donors (Lipinski definition) is 2. The second-order valence-electron chi connectivity index (χ2n) is 4.40. The van der Waals surface area contributed by atoms with Crippen molar-refractivity contribution in [3.05, 3.63) is 11.6 Å². The normalized spacial score (nSPS) is 26.0. The van der Waals surface area contributed by atoms with Crippen molar-refractivity contribution in [2.24, 2.45) is 0 Å². The number of H-pyrrole nitrogens is 1. The van der Waals surface area contributed by atoms with Crippen LogP contribution in [0.5, 0.6) is 0 Å². The second kappa shape index (κ2) is 4.49. The van der Waals surface area contributed by atoms with Gasteiger partial charge < -0.3 is 5.32 Å². The molecule has 1 atom stereocenters. The molecule has 3 rings (SSSR count). The van der Waals surface area contributed by atoms with Gasteiger partial charge in [0, 0.05) is 18.4 Å². The van der Waals surface area contributed by atoms with Crippen LogP contribution in [0.25, 0.3) is 0 Å². The summed E-state index contributed by atoms with van der Waals surface area (Å²) in [6, 6.07) is 0. The summed E-state index contributed by atoms with van der Waals surface area (Å²) < 4.78 is 0. The van der Waals surface area contributed by atoms with E-state index in [1.165, 1.54) is 25.7 Å². The zero-order chi connectivity index (χ0) is 9.38. The highest BCUT2D eigenvalue weighted by Crippen LogP contribution is 2.38. The minimum absolute atomic E-state index is 0. The second-order valence-corrected chi connectivity index (χ2v) is 4.40. The van der Waals surface area contributed by atoms with E-state index in [-0.39, 0.29) is 12.4 Å². The Balaban J connectivity index is 0.000000853. The van der Waals surface area contributed by atoms with Gasteiger partial charge in [-0.2, -0.15) is 5.10 Å². The maximum Gasteiger partial charge on any atom is 0.155 e. The topological polar surface area (TPSA) is 53.6 Å². The lowest BCUT2D eigenvalue weighted by Gasteiger charge is -2.19. The van der Waals surface area contributed by atoms with Gasteiger partial charge in [0.25, 0.3) is 0 Å². The standard InChI is InChI=1S/C10H16N4.ClH/c1-2-8(6-11-5-1)10-12-9(13-14-10)7-3-4-7;/h7-8,11H,1-6H2,(H,12,13,14);1H. The molecule has 2 aliphatic rings. The minimum Gasteiger partial charge on any atom is -0.316 e. The maximum absolute atomic E-state index is 4.59. The molecular formula is C10H17ClN4. The molecule has 0 amide bonds. The fourth-order valence-electron chi connectivity index (χ4n) is 2.08. The highest BCUT2D eigenvalue weighted by atomic mass is 35.5. The van der Waals surface area contributed by atoms with E-state index in [9.17, 15) is 0 Å². The summed E-state index contributed by atoms with van der Waals surface area (Å²) in [5.41, 5.74) is 0. The molecule has 0 aromatic carbocycles. The van der Waals surface area contributed by atoms with E-state index in [0.717, 1.165) is 24.7 Å². The fraction of sp³-hybridized carbons (Fsp3) is 0.800. The first-order valence-corrected chi connectivity index (χ1v) is 5.56. The predicted octanol–water partition coefficient (Wildman–Crippen LogP) is 1.57. The largest absolute Gasteiger partial charge is 0.316 e. The lowest BCUT2D eigenvalue weighted by atomic mass is 9.99. The van der Waals surface area contributed by atoms with Gasteiger partial charge in [-0.1, -0.05) is 0 Å². The Morgan fingerprint density at radius 2 is 2.00 bits per heavy atom. The first kappa shape index (κ1) is 10.9. The van der Waals surface area contributed by atoms with Gasteiger partial charge >= 0.3 is 0 Å². The highest BCUT2D eigenvalue weighted by molar-refractivity contribution is 5.85. The molecule has 2 fully saturated rings. The predicted molar refractivity (Wildman–Crippen MR) is 60.5 cm³/mol.